The zero-order chi connectivity index (χ0) is 31.1. The number of rotatable bonds is 10. The van der Waals surface area contributed by atoms with Crippen LogP contribution < -0.4 is 14.2 Å². The maximum Gasteiger partial charge on any atom is 0.127 e. The molecule has 244 valence electrons. The first-order chi connectivity index (χ1) is 22.7. The summed E-state index contributed by atoms with van der Waals surface area (Å²) < 4.78 is 20.2. The van der Waals surface area contributed by atoms with Crippen molar-refractivity contribution < 1.29 is 14.2 Å². The van der Waals surface area contributed by atoms with Gasteiger partial charge in [-0.25, -0.2) is 0 Å². The number of benzene rings is 3. The molecule has 3 aromatic carbocycles. The molecule has 0 bridgehead atoms. The van der Waals surface area contributed by atoms with Crippen molar-refractivity contribution in [3.8, 4) is 17.2 Å². The van der Waals surface area contributed by atoms with Crippen LogP contribution >= 0.6 is 22.6 Å². The maximum absolute atomic E-state index is 6.44. The predicted molar refractivity (Wildman–Crippen MR) is 195 cm³/mol. The molecule has 2 unspecified atom stereocenters. The Hall–Kier alpha value is -2.55. The van der Waals surface area contributed by atoms with Gasteiger partial charge in [0.05, 0.1) is 0 Å². The van der Waals surface area contributed by atoms with Gasteiger partial charge in [0, 0.05) is 34.3 Å². The molecule has 0 spiro atoms. The molecule has 2 atom stereocenters. The van der Waals surface area contributed by atoms with E-state index in [2.05, 4.69) is 99.1 Å². The van der Waals surface area contributed by atoms with Crippen molar-refractivity contribution in [2.75, 3.05) is 46.0 Å². The molecule has 0 aromatic heterocycles. The van der Waals surface area contributed by atoms with Crippen LogP contribution in [-0.4, -0.2) is 55.8 Å². The average molecular weight is 733 g/mol. The third-order valence-corrected chi connectivity index (χ3v) is 11.2. The Morgan fingerprint density at radius 3 is 2.11 bits per heavy atom. The SMILES string of the molecule is Ic1ccc(OCCN2C(c3ccc(OCCN4CCCCC4)cc3)CCCC2c2ccc3c(c2)OCC2=C3CCCCC2)cc1. The smallest absolute Gasteiger partial charge is 0.127 e. The van der Waals surface area contributed by atoms with Crippen LogP contribution in [-0.2, 0) is 0 Å². The average Bonchev–Trinajstić information content (AvgIpc) is 3.36. The second-order valence-electron chi connectivity index (χ2n) is 13.5. The van der Waals surface area contributed by atoms with Gasteiger partial charge in [0.15, 0.2) is 0 Å². The van der Waals surface area contributed by atoms with E-state index in [1.807, 2.05) is 0 Å². The minimum atomic E-state index is 0.318. The molecule has 3 heterocycles. The van der Waals surface area contributed by atoms with Gasteiger partial charge in [-0.3, -0.25) is 9.80 Å². The summed E-state index contributed by atoms with van der Waals surface area (Å²) >= 11 is 2.35. The fraction of sp³-hybridized carbons (Fsp3) is 0.500. The number of ether oxygens (including phenoxy) is 3. The van der Waals surface area contributed by atoms with E-state index in [0.29, 0.717) is 18.7 Å². The lowest BCUT2D eigenvalue weighted by Gasteiger charge is -2.43. The molecule has 1 aliphatic carbocycles. The first-order valence-electron chi connectivity index (χ1n) is 17.8. The summed E-state index contributed by atoms with van der Waals surface area (Å²) in [6.45, 7) is 6.48. The summed E-state index contributed by atoms with van der Waals surface area (Å²) in [4.78, 5) is 5.23. The van der Waals surface area contributed by atoms with E-state index in [9.17, 15) is 0 Å². The lowest BCUT2D eigenvalue weighted by atomic mass is 9.86. The molecule has 6 heteroatoms. The van der Waals surface area contributed by atoms with Crippen LogP contribution in [0.5, 0.6) is 17.2 Å². The third kappa shape index (κ3) is 7.77. The van der Waals surface area contributed by atoms with Crippen molar-refractivity contribution in [3.63, 3.8) is 0 Å². The molecule has 46 heavy (non-hydrogen) atoms. The highest BCUT2D eigenvalue weighted by atomic mass is 127. The number of halogens is 1. The molecule has 5 nitrogen and oxygen atoms in total. The van der Waals surface area contributed by atoms with E-state index in [0.717, 1.165) is 56.4 Å². The predicted octanol–water partition coefficient (Wildman–Crippen LogP) is 9.61. The fourth-order valence-corrected chi connectivity index (χ4v) is 8.41. The van der Waals surface area contributed by atoms with Crippen LogP contribution in [0.3, 0.4) is 0 Å². The number of nitrogens with zero attached hydrogens (tertiary/aromatic N) is 2. The molecule has 2 fully saturated rings. The van der Waals surface area contributed by atoms with Gasteiger partial charge in [-0.2, -0.15) is 0 Å². The summed E-state index contributed by atoms with van der Waals surface area (Å²) in [5, 5.41) is 0. The van der Waals surface area contributed by atoms with Gasteiger partial charge in [-0.05, 0) is 158 Å². The zero-order valence-electron chi connectivity index (χ0n) is 27.2. The van der Waals surface area contributed by atoms with Crippen molar-refractivity contribution in [2.24, 2.45) is 0 Å². The first kappa shape index (κ1) is 32.0. The minimum absolute atomic E-state index is 0.318. The Bertz CT molecular complexity index is 1460. The standard InChI is InChI=1S/C40H49IN2O3/c41-33-15-19-35(20-16-33)45-27-25-43-38(30-12-17-34(18-13-30)44-26-24-42-22-5-2-6-23-42)10-7-11-39(43)31-14-21-37-36-9-4-1-3-8-32(36)29-46-40(37)28-31/h12-21,28,38-39H,1-11,22-27,29H2. The number of fused-ring (bicyclic) bond motifs is 2. The molecular formula is C40H49IN2O3. The van der Waals surface area contributed by atoms with Crippen LogP contribution in [0.2, 0.25) is 0 Å². The highest BCUT2D eigenvalue weighted by molar-refractivity contribution is 14.1. The van der Waals surface area contributed by atoms with E-state index < -0.39 is 0 Å². The molecule has 0 radical (unpaired) electrons. The Labute approximate surface area is 289 Å². The van der Waals surface area contributed by atoms with Gasteiger partial charge >= 0.3 is 0 Å². The molecule has 0 saturated carbocycles. The number of hydrogen-bond acceptors (Lipinski definition) is 5. The van der Waals surface area contributed by atoms with Gasteiger partial charge in [-0.15, -0.1) is 0 Å². The summed E-state index contributed by atoms with van der Waals surface area (Å²) in [6.07, 6.45) is 13.8. The van der Waals surface area contributed by atoms with Gasteiger partial charge in [0.25, 0.3) is 0 Å². The molecule has 3 aliphatic heterocycles. The monoisotopic (exact) mass is 732 g/mol. The third-order valence-electron chi connectivity index (χ3n) is 10.5. The summed E-state index contributed by atoms with van der Waals surface area (Å²) in [5.41, 5.74) is 7.17. The van der Waals surface area contributed by atoms with E-state index in [1.54, 1.807) is 5.57 Å². The van der Waals surface area contributed by atoms with Crippen molar-refractivity contribution >= 4 is 28.2 Å². The second-order valence-corrected chi connectivity index (χ2v) is 14.8. The van der Waals surface area contributed by atoms with Gasteiger partial charge < -0.3 is 14.2 Å². The van der Waals surface area contributed by atoms with Crippen molar-refractivity contribution in [1.29, 1.82) is 0 Å². The topological polar surface area (TPSA) is 34.2 Å². The summed E-state index contributed by atoms with van der Waals surface area (Å²) in [5.74, 6) is 2.99. The summed E-state index contributed by atoms with van der Waals surface area (Å²) in [7, 11) is 0. The fourth-order valence-electron chi connectivity index (χ4n) is 8.05. The van der Waals surface area contributed by atoms with Gasteiger partial charge in [0.2, 0.25) is 0 Å². The number of allylic oxidation sites excluding steroid dienone is 1. The molecule has 4 aliphatic rings. The van der Waals surface area contributed by atoms with Crippen LogP contribution in [0, 0.1) is 3.57 Å². The molecule has 3 aromatic rings. The minimum Gasteiger partial charge on any atom is -0.492 e. The lowest BCUT2D eigenvalue weighted by molar-refractivity contribution is 0.0656. The molecule has 0 amide bonds. The highest BCUT2D eigenvalue weighted by Crippen LogP contribution is 2.45. The van der Waals surface area contributed by atoms with Gasteiger partial charge in [-0.1, -0.05) is 37.1 Å². The molecule has 2 saturated heterocycles. The zero-order valence-corrected chi connectivity index (χ0v) is 29.4. The quantitative estimate of drug-likeness (QED) is 0.194. The van der Waals surface area contributed by atoms with E-state index in [4.69, 9.17) is 14.2 Å². The lowest BCUT2D eigenvalue weighted by Crippen LogP contribution is -2.39. The Morgan fingerprint density at radius 1 is 0.674 bits per heavy atom. The first-order valence-corrected chi connectivity index (χ1v) is 18.9. The maximum atomic E-state index is 6.44. The molecule has 0 N–H and O–H groups in total. The normalized spacial score (nSPS) is 22.4. The second kappa shape index (κ2) is 15.6. The van der Waals surface area contributed by atoms with Crippen molar-refractivity contribution in [1.82, 2.24) is 9.80 Å². The highest BCUT2D eigenvalue weighted by Gasteiger charge is 2.33. The van der Waals surface area contributed by atoms with Crippen molar-refractivity contribution in [3.05, 3.63) is 92.6 Å². The largest absolute Gasteiger partial charge is 0.492 e. The number of hydrogen-bond donors (Lipinski definition) is 0. The molecule has 7 rings (SSSR count). The molecular weight excluding hydrogens is 683 g/mol. The number of likely N-dealkylation sites (tertiary alicyclic amines) is 2. The van der Waals surface area contributed by atoms with Crippen LogP contribution in [0.15, 0.2) is 72.3 Å². The summed E-state index contributed by atoms with van der Waals surface area (Å²) in [6, 6.07) is 25.1. The Kier molecular flexibility index (Phi) is 10.8. The van der Waals surface area contributed by atoms with Crippen LogP contribution in [0.1, 0.15) is 99.4 Å². The Balaban J connectivity index is 1.09. The van der Waals surface area contributed by atoms with E-state index in [-0.39, 0.29) is 0 Å². The van der Waals surface area contributed by atoms with Crippen LogP contribution in [0.25, 0.3) is 5.57 Å². The van der Waals surface area contributed by atoms with E-state index in [1.165, 1.54) is 96.7 Å². The van der Waals surface area contributed by atoms with Crippen LogP contribution in [0.4, 0.5) is 0 Å². The van der Waals surface area contributed by atoms with Crippen molar-refractivity contribution in [2.45, 2.75) is 82.7 Å². The van der Waals surface area contributed by atoms with E-state index >= 15 is 0 Å². The Morgan fingerprint density at radius 2 is 1.33 bits per heavy atom. The van der Waals surface area contributed by atoms with Gasteiger partial charge in [0.1, 0.15) is 37.1 Å². The number of piperidine rings is 2.